The molecule has 3 heteroatoms. The first-order valence-corrected chi connectivity index (χ1v) is 5.63. The number of hydrogen-bond acceptors (Lipinski definition) is 2. The number of nitrogens with one attached hydrogen (secondary N) is 1. The van der Waals surface area contributed by atoms with E-state index in [1.807, 2.05) is 0 Å². The third kappa shape index (κ3) is 4.61. The first-order valence-electron chi connectivity index (χ1n) is 5.63. The Balaban J connectivity index is 2.02. The second-order valence-corrected chi connectivity index (χ2v) is 4.34. The normalized spacial score (nSPS) is 19.6. The van der Waals surface area contributed by atoms with Crippen LogP contribution in [0.25, 0.3) is 0 Å². The second kappa shape index (κ2) is 6.02. The van der Waals surface area contributed by atoms with Gasteiger partial charge in [0.1, 0.15) is 0 Å². The molecule has 1 atom stereocenters. The molecule has 0 spiro atoms. The van der Waals surface area contributed by atoms with Crippen molar-refractivity contribution >= 4 is 5.91 Å². The van der Waals surface area contributed by atoms with Crippen LogP contribution in [0.4, 0.5) is 0 Å². The third-order valence-corrected chi connectivity index (χ3v) is 2.85. The molecule has 0 heterocycles. The van der Waals surface area contributed by atoms with Crippen LogP contribution in [0.1, 0.15) is 45.4 Å². The van der Waals surface area contributed by atoms with Gasteiger partial charge in [-0.3, -0.25) is 4.79 Å². The molecule has 1 saturated carbocycles. The van der Waals surface area contributed by atoms with Crippen LogP contribution in [0, 0.1) is 5.92 Å². The zero-order chi connectivity index (χ0) is 10.4. The fourth-order valence-electron chi connectivity index (χ4n) is 1.90. The molecule has 0 aromatic rings. The van der Waals surface area contributed by atoms with Crippen LogP contribution in [-0.4, -0.2) is 23.7 Å². The smallest absolute Gasteiger partial charge is 0.220 e. The van der Waals surface area contributed by atoms with Crippen LogP contribution in [-0.2, 0) is 4.79 Å². The van der Waals surface area contributed by atoms with Gasteiger partial charge in [-0.25, -0.2) is 0 Å². The highest BCUT2D eigenvalue weighted by atomic mass is 16.3. The zero-order valence-corrected chi connectivity index (χ0v) is 8.96. The summed E-state index contributed by atoms with van der Waals surface area (Å²) in [7, 11) is 0. The van der Waals surface area contributed by atoms with Crippen molar-refractivity contribution in [2.45, 2.75) is 51.6 Å². The van der Waals surface area contributed by atoms with E-state index >= 15 is 0 Å². The van der Waals surface area contributed by atoms with Crippen molar-refractivity contribution in [3.63, 3.8) is 0 Å². The quantitative estimate of drug-likeness (QED) is 0.704. The Morgan fingerprint density at radius 3 is 2.71 bits per heavy atom. The van der Waals surface area contributed by atoms with Crippen molar-refractivity contribution in [1.82, 2.24) is 5.32 Å². The Bertz CT molecular complexity index is 174. The lowest BCUT2D eigenvalue weighted by Crippen LogP contribution is -2.28. The summed E-state index contributed by atoms with van der Waals surface area (Å²) < 4.78 is 0. The second-order valence-electron chi connectivity index (χ2n) is 4.34. The molecule has 0 aromatic heterocycles. The lowest BCUT2D eigenvalue weighted by atomic mass is 10.1. The molecule has 1 aliphatic carbocycles. The van der Waals surface area contributed by atoms with Gasteiger partial charge in [0, 0.05) is 13.0 Å². The van der Waals surface area contributed by atoms with Gasteiger partial charge in [0.15, 0.2) is 0 Å². The van der Waals surface area contributed by atoms with Crippen molar-refractivity contribution in [2.24, 2.45) is 5.92 Å². The molecule has 1 rings (SSSR count). The van der Waals surface area contributed by atoms with Gasteiger partial charge >= 0.3 is 0 Å². The van der Waals surface area contributed by atoms with Gasteiger partial charge < -0.3 is 10.4 Å². The van der Waals surface area contributed by atoms with Crippen LogP contribution in [0.5, 0.6) is 0 Å². The van der Waals surface area contributed by atoms with E-state index < -0.39 is 0 Å². The lowest BCUT2D eigenvalue weighted by Gasteiger charge is -2.10. The molecule has 0 aromatic carbocycles. The summed E-state index contributed by atoms with van der Waals surface area (Å²) in [5.41, 5.74) is 0. The molecule has 82 valence electrons. The maximum atomic E-state index is 11.3. The number of aliphatic hydroxyl groups is 1. The standard InChI is InChI=1S/C11H21NO2/c1-9(13)6-7-11(14)12-8-10-4-2-3-5-10/h9-10,13H,2-8H2,1H3,(H,12,14). The number of carbonyl (C=O) groups excluding carboxylic acids is 1. The monoisotopic (exact) mass is 199 g/mol. The Kier molecular flexibility index (Phi) is 4.94. The average Bonchev–Trinajstić information content (AvgIpc) is 2.63. The molecule has 0 aliphatic heterocycles. The summed E-state index contributed by atoms with van der Waals surface area (Å²) in [4.78, 5) is 11.3. The van der Waals surface area contributed by atoms with Gasteiger partial charge in [0.2, 0.25) is 5.91 Å². The molecule has 3 nitrogen and oxygen atoms in total. The molecule has 14 heavy (non-hydrogen) atoms. The molecule has 0 bridgehead atoms. The van der Waals surface area contributed by atoms with Gasteiger partial charge in [0.25, 0.3) is 0 Å². The van der Waals surface area contributed by atoms with Crippen LogP contribution in [0.3, 0.4) is 0 Å². The molecule has 0 radical (unpaired) electrons. The molecule has 1 aliphatic rings. The molecular formula is C11H21NO2. The summed E-state index contributed by atoms with van der Waals surface area (Å²) in [6.07, 6.45) is 5.80. The van der Waals surface area contributed by atoms with Gasteiger partial charge in [0.05, 0.1) is 6.10 Å². The van der Waals surface area contributed by atoms with E-state index in [1.165, 1.54) is 25.7 Å². The number of hydrogen-bond donors (Lipinski definition) is 2. The van der Waals surface area contributed by atoms with Crippen LogP contribution < -0.4 is 5.32 Å². The summed E-state index contributed by atoms with van der Waals surface area (Å²) in [6.45, 7) is 2.54. The largest absolute Gasteiger partial charge is 0.393 e. The third-order valence-electron chi connectivity index (χ3n) is 2.85. The summed E-state index contributed by atoms with van der Waals surface area (Å²) in [5.74, 6) is 0.781. The molecule has 1 fully saturated rings. The number of rotatable bonds is 5. The number of aliphatic hydroxyl groups excluding tert-OH is 1. The van der Waals surface area contributed by atoms with E-state index in [0.29, 0.717) is 18.8 Å². The van der Waals surface area contributed by atoms with Gasteiger partial charge in [-0.15, -0.1) is 0 Å². The van der Waals surface area contributed by atoms with Gasteiger partial charge in [-0.05, 0) is 32.1 Å². The van der Waals surface area contributed by atoms with Crippen LogP contribution >= 0.6 is 0 Å². The highest BCUT2D eigenvalue weighted by Gasteiger charge is 2.15. The van der Waals surface area contributed by atoms with Crippen molar-refractivity contribution in [3.05, 3.63) is 0 Å². The van der Waals surface area contributed by atoms with E-state index in [4.69, 9.17) is 5.11 Å². The summed E-state index contributed by atoms with van der Waals surface area (Å²) in [6, 6.07) is 0. The first kappa shape index (κ1) is 11.5. The maximum absolute atomic E-state index is 11.3. The molecular weight excluding hydrogens is 178 g/mol. The van der Waals surface area contributed by atoms with Crippen LogP contribution in [0.2, 0.25) is 0 Å². The van der Waals surface area contributed by atoms with E-state index in [2.05, 4.69) is 5.32 Å². The Hall–Kier alpha value is -0.570. The SMILES string of the molecule is CC(O)CCC(=O)NCC1CCCC1. The number of carbonyl (C=O) groups is 1. The van der Waals surface area contributed by atoms with E-state index in [0.717, 1.165) is 6.54 Å². The van der Waals surface area contributed by atoms with E-state index in [9.17, 15) is 4.79 Å². The zero-order valence-electron chi connectivity index (χ0n) is 8.96. The van der Waals surface area contributed by atoms with Crippen molar-refractivity contribution < 1.29 is 9.90 Å². The van der Waals surface area contributed by atoms with E-state index in [1.54, 1.807) is 6.92 Å². The first-order chi connectivity index (χ1) is 6.68. The molecule has 1 amide bonds. The fraction of sp³-hybridized carbons (Fsp3) is 0.909. The molecule has 2 N–H and O–H groups in total. The van der Waals surface area contributed by atoms with Crippen molar-refractivity contribution in [3.8, 4) is 0 Å². The van der Waals surface area contributed by atoms with E-state index in [-0.39, 0.29) is 12.0 Å². The highest BCUT2D eigenvalue weighted by Crippen LogP contribution is 2.23. The average molecular weight is 199 g/mol. The molecule has 0 saturated heterocycles. The summed E-state index contributed by atoms with van der Waals surface area (Å²) >= 11 is 0. The topological polar surface area (TPSA) is 49.3 Å². The Morgan fingerprint density at radius 1 is 1.50 bits per heavy atom. The van der Waals surface area contributed by atoms with Crippen LogP contribution in [0.15, 0.2) is 0 Å². The Labute approximate surface area is 85.9 Å². The van der Waals surface area contributed by atoms with Gasteiger partial charge in [-0.2, -0.15) is 0 Å². The minimum Gasteiger partial charge on any atom is -0.393 e. The number of amides is 1. The van der Waals surface area contributed by atoms with Gasteiger partial charge in [-0.1, -0.05) is 12.8 Å². The maximum Gasteiger partial charge on any atom is 0.220 e. The lowest BCUT2D eigenvalue weighted by molar-refractivity contribution is -0.121. The summed E-state index contributed by atoms with van der Waals surface area (Å²) in [5, 5.41) is 11.9. The molecule has 1 unspecified atom stereocenters. The fourth-order valence-corrected chi connectivity index (χ4v) is 1.90. The minimum absolute atomic E-state index is 0.0813. The predicted octanol–water partition coefficient (Wildman–Crippen LogP) is 1.45. The Morgan fingerprint density at radius 2 is 2.14 bits per heavy atom. The van der Waals surface area contributed by atoms with Crippen molar-refractivity contribution in [2.75, 3.05) is 6.54 Å². The predicted molar refractivity (Wildman–Crippen MR) is 55.9 cm³/mol. The highest BCUT2D eigenvalue weighted by molar-refractivity contribution is 5.75. The minimum atomic E-state index is -0.368. The van der Waals surface area contributed by atoms with Crippen molar-refractivity contribution in [1.29, 1.82) is 0 Å².